The smallest absolute Gasteiger partial charge is 0.248 e. The van der Waals surface area contributed by atoms with Crippen molar-refractivity contribution in [2.45, 2.75) is 37.6 Å². The quantitative estimate of drug-likeness (QED) is 0.802. The molecule has 1 fully saturated rings. The standard InChI is InChI=1S/C17H20F2N4O4S/c1-10(17-21-11(2)22-27-17)20-16(24)12-5-7-23(8-6-12)28(25,26)15-9-13(18)3-4-14(15)19/h3-4,9-10,12H,5-8H2,1-2H3,(H,20,24). The van der Waals surface area contributed by atoms with Crippen molar-refractivity contribution in [3.8, 4) is 0 Å². The summed E-state index contributed by atoms with van der Waals surface area (Å²) in [6.45, 7) is 3.44. The fraction of sp³-hybridized carbons (Fsp3) is 0.471. The summed E-state index contributed by atoms with van der Waals surface area (Å²) in [6, 6.07) is 1.83. The number of hydrogen-bond acceptors (Lipinski definition) is 6. The highest BCUT2D eigenvalue weighted by Gasteiger charge is 2.34. The van der Waals surface area contributed by atoms with Crippen molar-refractivity contribution in [2.24, 2.45) is 5.92 Å². The van der Waals surface area contributed by atoms with Gasteiger partial charge in [-0.3, -0.25) is 4.79 Å². The third-order valence-corrected chi connectivity index (χ3v) is 6.52. The topological polar surface area (TPSA) is 105 Å². The Balaban J connectivity index is 1.62. The molecule has 0 radical (unpaired) electrons. The van der Waals surface area contributed by atoms with Gasteiger partial charge >= 0.3 is 0 Å². The fourth-order valence-electron chi connectivity index (χ4n) is 3.05. The molecule has 0 saturated carbocycles. The van der Waals surface area contributed by atoms with Crippen LogP contribution in [0.2, 0.25) is 0 Å². The van der Waals surface area contributed by atoms with Crippen molar-refractivity contribution < 1.29 is 26.5 Å². The predicted molar refractivity (Wildman–Crippen MR) is 93.4 cm³/mol. The maximum atomic E-state index is 13.9. The molecule has 3 rings (SSSR count). The number of aromatic nitrogens is 2. The molecular weight excluding hydrogens is 394 g/mol. The first-order chi connectivity index (χ1) is 13.2. The number of amides is 1. The van der Waals surface area contributed by atoms with Crippen molar-refractivity contribution in [3.05, 3.63) is 41.5 Å². The summed E-state index contributed by atoms with van der Waals surface area (Å²) in [7, 11) is -4.17. The second-order valence-corrected chi connectivity index (χ2v) is 8.57. The third-order valence-electron chi connectivity index (χ3n) is 4.61. The van der Waals surface area contributed by atoms with Crippen LogP contribution in [0, 0.1) is 24.5 Å². The van der Waals surface area contributed by atoms with E-state index in [1.54, 1.807) is 13.8 Å². The van der Waals surface area contributed by atoms with E-state index >= 15 is 0 Å². The van der Waals surface area contributed by atoms with Gasteiger partial charge in [0.05, 0.1) is 0 Å². The number of nitrogens with zero attached hydrogens (tertiary/aromatic N) is 3. The van der Waals surface area contributed by atoms with E-state index in [0.717, 1.165) is 16.4 Å². The summed E-state index contributed by atoms with van der Waals surface area (Å²) in [5, 5.41) is 6.44. The first kappa shape index (κ1) is 20.3. The highest BCUT2D eigenvalue weighted by molar-refractivity contribution is 7.89. The van der Waals surface area contributed by atoms with Gasteiger partial charge in [0.1, 0.15) is 22.6 Å². The molecule has 2 heterocycles. The SMILES string of the molecule is Cc1noc(C(C)NC(=O)C2CCN(S(=O)(=O)c3cc(F)ccc3F)CC2)n1. The summed E-state index contributed by atoms with van der Waals surface area (Å²) in [6.07, 6.45) is 0.523. The molecule has 0 spiro atoms. The lowest BCUT2D eigenvalue weighted by Gasteiger charge is -2.31. The Labute approximate surface area is 161 Å². The zero-order valence-electron chi connectivity index (χ0n) is 15.4. The molecule has 1 unspecified atom stereocenters. The Morgan fingerprint density at radius 2 is 2.00 bits per heavy atom. The van der Waals surface area contributed by atoms with Crippen LogP contribution in [-0.2, 0) is 14.8 Å². The van der Waals surface area contributed by atoms with Crippen molar-refractivity contribution in [1.82, 2.24) is 19.8 Å². The van der Waals surface area contributed by atoms with E-state index in [1.165, 1.54) is 0 Å². The molecule has 1 aromatic heterocycles. The minimum absolute atomic E-state index is 0.0322. The predicted octanol–water partition coefficient (Wildman–Crippen LogP) is 1.93. The second kappa shape index (κ2) is 7.92. The maximum Gasteiger partial charge on any atom is 0.248 e. The monoisotopic (exact) mass is 414 g/mol. The van der Waals surface area contributed by atoms with Gasteiger partial charge in [-0.1, -0.05) is 5.16 Å². The zero-order valence-corrected chi connectivity index (χ0v) is 16.2. The van der Waals surface area contributed by atoms with Crippen molar-refractivity contribution in [2.75, 3.05) is 13.1 Å². The number of sulfonamides is 1. The summed E-state index contributed by atoms with van der Waals surface area (Å²) in [4.78, 5) is 15.8. The van der Waals surface area contributed by atoms with Crippen LogP contribution in [0.4, 0.5) is 8.78 Å². The highest BCUT2D eigenvalue weighted by Crippen LogP contribution is 2.26. The number of halogens is 2. The van der Waals surface area contributed by atoms with Crippen LogP contribution in [0.5, 0.6) is 0 Å². The summed E-state index contributed by atoms with van der Waals surface area (Å²) in [5.41, 5.74) is 0. The fourth-order valence-corrected chi connectivity index (χ4v) is 4.60. The van der Waals surface area contributed by atoms with Crippen molar-refractivity contribution >= 4 is 15.9 Å². The van der Waals surface area contributed by atoms with Crippen LogP contribution in [0.1, 0.15) is 37.5 Å². The van der Waals surface area contributed by atoms with Gasteiger partial charge in [-0.25, -0.2) is 17.2 Å². The molecule has 11 heteroatoms. The van der Waals surface area contributed by atoms with E-state index in [9.17, 15) is 22.0 Å². The first-order valence-electron chi connectivity index (χ1n) is 8.74. The summed E-state index contributed by atoms with van der Waals surface area (Å²) in [5.74, 6) is -1.76. The molecule has 1 N–H and O–H groups in total. The minimum Gasteiger partial charge on any atom is -0.344 e. The molecule has 28 heavy (non-hydrogen) atoms. The molecule has 1 aliphatic rings. The van der Waals surface area contributed by atoms with Gasteiger partial charge in [-0.2, -0.15) is 9.29 Å². The number of nitrogens with one attached hydrogen (secondary N) is 1. The molecule has 1 atom stereocenters. The Morgan fingerprint density at radius 1 is 1.32 bits per heavy atom. The Bertz CT molecular complexity index is 971. The Morgan fingerprint density at radius 3 is 2.61 bits per heavy atom. The molecule has 0 aliphatic carbocycles. The summed E-state index contributed by atoms with van der Waals surface area (Å²) < 4.78 is 58.5. The van der Waals surface area contributed by atoms with E-state index in [1.807, 2.05) is 0 Å². The number of carbonyl (C=O) groups is 1. The minimum atomic E-state index is -4.17. The molecule has 1 aliphatic heterocycles. The average Bonchev–Trinajstić information content (AvgIpc) is 3.10. The molecule has 0 bridgehead atoms. The van der Waals surface area contributed by atoms with Gasteiger partial charge in [0.25, 0.3) is 0 Å². The molecule has 8 nitrogen and oxygen atoms in total. The lowest BCUT2D eigenvalue weighted by atomic mass is 9.97. The first-order valence-corrected chi connectivity index (χ1v) is 10.2. The normalized spacial score (nSPS) is 17.4. The number of piperidine rings is 1. The molecule has 1 saturated heterocycles. The molecular formula is C17H20F2N4O4S. The van der Waals surface area contributed by atoms with E-state index in [0.29, 0.717) is 11.9 Å². The largest absolute Gasteiger partial charge is 0.344 e. The zero-order chi connectivity index (χ0) is 20.5. The highest BCUT2D eigenvalue weighted by atomic mass is 32.2. The van der Waals surface area contributed by atoms with Gasteiger partial charge in [-0.15, -0.1) is 0 Å². The van der Waals surface area contributed by atoms with Crippen LogP contribution < -0.4 is 5.32 Å². The van der Waals surface area contributed by atoms with Crippen LogP contribution in [0.25, 0.3) is 0 Å². The van der Waals surface area contributed by atoms with Crippen LogP contribution in [0.3, 0.4) is 0 Å². The van der Waals surface area contributed by atoms with E-state index in [4.69, 9.17) is 4.52 Å². The van der Waals surface area contributed by atoms with Gasteiger partial charge < -0.3 is 9.84 Å². The van der Waals surface area contributed by atoms with Gasteiger partial charge in [-0.05, 0) is 44.9 Å². The average molecular weight is 414 g/mol. The third kappa shape index (κ3) is 4.20. The number of rotatable bonds is 5. The van der Waals surface area contributed by atoms with Crippen molar-refractivity contribution in [3.63, 3.8) is 0 Å². The Hall–Kier alpha value is -2.40. The molecule has 152 valence electrons. The molecule has 1 amide bonds. The van der Waals surface area contributed by atoms with Crippen molar-refractivity contribution in [1.29, 1.82) is 0 Å². The van der Waals surface area contributed by atoms with E-state index in [2.05, 4.69) is 15.5 Å². The number of benzene rings is 1. The number of carbonyl (C=O) groups excluding carboxylic acids is 1. The van der Waals surface area contributed by atoms with Crippen LogP contribution in [-0.4, -0.2) is 41.9 Å². The lowest BCUT2D eigenvalue weighted by Crippen LogP contribution is -2.43. The number of hydrogen-bond donors (Lipinski definition) is 1. The van der Waals surface area contributed by atoms with E-state index < -0.39 is 38.5 Å². The number of aryl methyl sites for hydroxylation is 1. The Kier molecular flexibility index (Phi) is 5.75. The van der Waals surface area contributed by atoms with Crippen LogP contribution >= 0.6 is 0 Å². The second-order valence-electron chi connectivity index (χ2n) is 6.66. The van der Waals surface area contributed by atoms with Gasteiger partial charge in [0, 0.05) is 19.0 Å². The van der Waals surface area contributed by atoms with Crippen LogP contribution in [0.15, 0.2) is 27.6 Å². The van der Waals surface area contributed by atoms with E-state index in [-0.39, 0.29) is 37.7 Å². The molecule has 2 aromatic rings. The van der Waals surface area contributed by atoms with Gasteiger partial charge in [0.2, 0.25) is 21.8 Å². The summed E-state index contributed by atoms with van der Waals surface area (Å²) >= 11 is 0. The lowest BCUT2D eigenvalue weighted by molar-refractivity contribution is -0.127. The van der Waals surface area contributed by atoms with Gasteiger partial charge in [0.15, 0.2) is 5.82 Å². The molecule has 1 aromatic carbocycles. The maximum absolute atomic E-state index is 13.9.